The van der Waals surface area contributed by atoms with Gasteiger partial charge in [-0.1, -0.05) is 33.6 Å². The number of sulfonamides is 1. The molecule has 114 valence electrons. The molecule has 0 amide bonds. The first-order valence-electron chi connectivity index (χ1n) is 6.94. The Bertz CT molecular complexity index is 506. The molecule has 0 radical (unpaired) electrons. The van der Waals surface area contributed by atoms with Gasteiger partial charge in [0.05, 0.1) is 12.0 Å². The van der Waals surface area contributed by atoms with Crippen LogP contribution in [0.4, 0.5) is 0 Å². The second kappa shape index (κ2) is 7.09. The van der Waals surface area contributed by atoms with Crippen molar-refractivity contribution in [2.45, 2.75) is 44.9 Å². The maximum Gasteiger partial charge on any atom is 0.240 e. The van der Waals surface area contributed by atoms with Crippen LogP contribution in [0.25, 0.3) is 0 Å². The SMILES string of the molecule is CCCCC(C)(C)CNS(=O)(=O)c1ccc(OC)cc1. The molecule has 1 aromatic carbocycles. The Hall–Kier alpha value is -1.07. The summed E-state index contributed by atoms with van der Waals surface area (Å²) in [6.45, 7) is 6.75. The first-order chi connectivity index (χ1) is 9.30. The molecule has 0 fully saturated rings. The number of ether oxygens (including phenoxy) is 1. The number of nitrogens with one attached hydrogen (secondary N) is 1. The molecule has 20 heavy (non-hydrogen) atoms. The largest absolute Gasteiger partial charge is 0.497 e. The molecule has 0 saturated heterocycles. The lowest BCUT2D eigenvalue weighted by molar-refractivity contribution is 0.323. The summed E-state index contributed by atoms with van der Waals surface area (Å²) in [6, 6.07) is 6.41. The molecule has 0 aliphatic carbocycles. The van der Waals surface area contributed by atoms with Crippen LogP contribution in [-0.4, -0.2) is 22.1 Å². The number of unbranched alkanes of at least 4 members (excludes halogenated alkanes) is 1. The van der Waals surface area contributed by atoms with E-state index >= 15 is 0 Å². The van der Waals surface area contributed by atoms with E-state index in [2.05, 4.69) is 25.5 Å². The van der Waals surface area contributed by atoms with E-state index in [1.54, 1.807) is 31.4 Å². The highest BCUT2D eigenvalue weighted by molar-refractivity contribution is 7.89. The number of hydrogen-bond acceptors (Lipinski definition) is 3. The van der Waals surface area contributed by atoms with Crippen molar-refractivity contribution in [1.29, 1.82) is 0 Å². The second-order valence-electron chi connectivity index (χ2n) is 5.77. The molecule has 5 heteroatoms. The maximum atomic E-state index is 12.2. The van der Waals surface area contributed by atoms with Crippen LogP contribution in [0.15, 0.2) is 29.2 Å². The molecule has 0 aliphatic heterocycles. The van der Waals surface area contributed by atoms with E-state index in [1.165, 1.54) is 0 Å². The molecule has 0 unspecified atom stereocenters. The summed E-state index contributed by atoms with van der Waals surface area (Å²) in [4.78, 5) is 0.268. The van der Waals surface area contributed by atoms with Crippen LogP contribution < -0.4 is 9.46 Å². The molecular weight excluding hydrogens is 274 g/mol. The fourth-order valence-electron chi connectivity index (χ4n) is 1.87. The lowest BCUT2D eigenvalue weighted by atomic mass is 9.88. The molecule has 4 nitrogen and oxygen atoms in total. The van der Waals surface area contributed by atoms with E-state index in [-0.39, 0.29) is 10.3 Å². The molecule has 1 rings (SSSR count). The molecule has 0 heterocycles. The van der Waals surface area contributed by atoms with Crippen molar-refractivity contribution in [3.63, 3.8) is 0 Å². The van der Waals surface area contributed by atoms with Gasteiger partial charge < -0.3 is 4.74 Å². The lowest BCUT2D eigenvalue weighted by Gasteiger charge is -2.24. The highest BCUT2D eigenvalue weighted by atomic mass is 32.2. The van der Waals surface area contributed by atoms with Gasteiger partial charge in [0.25, 0.3) is 0 Å². The fourth-order valence-corrected chi connectivity index (χ4v) is 3.11. The van der Waals surface area contributed by atoms with Crippen LogP contribution in [0.5, 0.6) is 5.75 Å². The summed E-state index contributed by atoms with van der Waals surface area (Å²) in [6.07, 6.45) is 3.24. The van der Waals surface area contributed by atoms with Crippen LogP contribution in [-0.2, 0) is 10.0 Å². The van der Waals surface area contributed by atoms with Gasteiger partial charge in [-0.05, 0) is 36.1 Å². The molecule has 0 aliphatic rings. The zero-order valence-electron chi connectivity index (χ0n) is 12.8. The Kier molecular flexibility index (Phi) is 6.02. The molecule has 0 bridgehead atoms. The molecule has 1 aromatic rings. The Morgan fingerprint density at radius 1 is 1.20 bits per heavy atom. The molecular formula is C15H25NO3S. The Balaban J connectivity index is 2.69. The van der Waals surface area contributed by atoms with E-state index in [0.29, 0.717) is 12.3 Å². The quantitative estimate of drug-likeness (QED) is 0.802. The van der Waals surface area contributed by atoms with Crippen LogP contribution >= 0.6 is 0 Å². The number of benzene rings is 1. The normalized spacial score (nSPS) is 12.4. The standard InChI is InChI=1S/C15H25NO3S/c1-5-6-11-15(2,3)12-16-20(17,18)14-9-7-13(19-4)8-10-14/h7-10,16H,5-6,11-12H2,1-4H3. The van der Waals surface area contributed by atoms with Gasteiger partial charge in [-0.2, -0.15) is 0 Å². The maximum absolute atomic E-state index is 12.2. The van der Waals surface area contributed by atoms with Crippen molar-refractivity contribution in [2.24, 2.45) is 5.41 Å². The lowest BCUT2D eigenvalue weighted by Crippen LogP contribution is -2.34. The summed E-state index contributed by atoms with van der Waals surface area (Å²) in [5, 5.41) is 0. The fraction of sp³-hybridized carbons (Fsp3) is 0.600. The first-order valence-corrected chi connectivity index (χ1v) is 8.43. The van der Waals surface area contributed by atoms with Gasteiger partial charge in [0, 0.05) is 6.54 Å². The second-order valence-corrected chi connectivity index (χ2v) is 7.53. The van der Waals surface area contributed by atoms with Crippen LogP contribution in [0, 0.1) is 5.41 Å². The predicted molar refractivity (Wildman–Crippen MR) is 81.5 cm³/mol. The van der Waals surface area contributed by atoms with E-state index in [1.807, 2.05) is 0 Å². The van der Waals surface area contributed by atoms with Crippen LogP contribution in [0.3, 0.4) is 0 Å². The van der Waals surface area contributed by atoms with Gasteiger partial charge in [0.15, 0.2) is 0 Å². The van der Waals surface area contributed by atoms with Gasteiger partial charge in [0.1, 0.15) is 5.75 Å². The summed E-state index contributed by atoms with van der Waals surface area (Å²) >= 11 is 0. The number of hydrogen-bond donors (Lipinski definition) is 1. The van der Waals surface area contributed by atoms with Crippen molar-refractivity contribution in [1.82, 2.24) is 4.72 Å². The van der Waals surface area contributed by atoms with Crippen molar-refractivity contribution in [3.8, 4) is 5.75 Å². The summed E-state index contributed by atoms with van der Waals surface area (Å²) in [5.74, 6) is 0.646. The third-order valence-corrected chi connectivity index (χ3v) is 4.73. The van der Waals surface area contributed by atoms with Crippen molar-refractivity contribution in [2.75, 3.05) is 13.7 Å². The Morgan fingerprint density at radius 2 is 1.80 bits per heavy atom. The molecule has 0 atom stereocenters. The van der Waals surface area contributed by atoms with Crippen LogP contribution in [0.2, 0.25) is 0 Å². The number of rotatable bonds is 8. The first kappa shape index (κ1) is 17.0. The average Bonchev–Trinajstić information content (AvgIpc) is 2.43. The van der Waals surface area contributed by atoms with Crippen molar-refractivity contribution in [3.05, 3.63) is 24.3 Å². The van der Waals surface area contributed by atoms with Crippen LogP contribution in [0.1, 0.15) is 40.0 Å². The monoisotopic (exact) mass is 299 g/mol. The summed E-state index contributed by atoms with van der Waals surface area (Å²) in [5.41, 5.74) is -0.0322. The minimum Gasteiger partial charge on any atom is -0.497 e. The summed E-state index contributed by atoms with van der Waals surface area (Å²) in [7, 11) is -1.90. The third-order valence-electron chi connectivity index (χ3n) is 3.32. The minimum absolute atomic E-state index is 0.0322. The highest BCUT2D eigenvalue weighted by Gasteiger charge is 2.21. The van der Waals surface area contributed by atoms with E-state index in [4.69, 9.17) is 4.74 Å². The topological polar surface area (TPSA) is 55.4 Å². The summed E-state index contributed by atoms with van der Waals surface area (Å²) < 4.78 is 32.1. The van der Waals surface area contributed by atoms with Crippen molar-refractivity contribution >= 4 is 10.0 Å². The van der Waals surface area contributed by atoms with Gasteiger partial charge in [-0.15, -0.1) is 0 Å². The van der Waals surface area contributed by atoms with Gasteiger partial charge in [0.2, 0.25) is 10.0 Å². The van der Waals surface area contributed by atoms with E-state index < -0.39 is 10.0 Å². The minimum atomic E-state index is -3.45. The van der Waals surface area contributed by atoms with Gasteiger partial charge >= 0.3 is 0 Å². The number of methoxy groups -OCH3 is 1. The average molecular weight is 299 g/mol. The molecule has 0 aromatic heterocycles. The van der Waals surface area contributed by atoms with Crippen molar-refractivity contribution < 1.29 is 13.2 Å². The Morgan fingerprint density at radius 3 is 2.30 bits per heavy atom. The van der Waals surface area contributed by atoms with E-state index in [0.717, 1.165) is 19.3 Å². The van der Waals surface area contributed by atoms with Gasteiger partial charge in [-0.25, -0.2) is 13.1 Å². The molecule has 0 spiro atoms. The predicted octanol–water partition coefficient (Wildman–Crippen LogP) is 3.19. The molecule has 1 N–H and O–H groups in total. The highest BCUT2D eigenvalue weighted by Crippen LogP contribution is 2.23. The van der Waals surface area contributed by atoms with E-state index in [9.17, 15) is 8.42 Å². The molecule has 0 saturated carbocycles. The van der Waals surface area contributed by atoms with Gasteiger partial charge in [-0.3, -0.25) is 0 Å². The third kappa shape index (κ3) is 5.13. The smallest absolute Gasteiger partial charge is 0.240 e. The zero-order chi connectivity index (χ0) is 15.2. The zero-order valence-corrected chi connectivity index (χ0v) is 13.6. The Labute approximate surface area is 122 Å².